The van der Waals surface area contributed by atoms with Gasteiger partial charge in [-0.25, -0.2) is 9.97 Å². The molecule has 1 atom stereocenters. The third-order valence-corrected chi connectivity index (χ3v) is 2.77. The molecule has 0 spiro atoms. The van der Waals surface area contributed by atoms with Gasteiger partial charge in [-0.1, -0.05) is 11.6 Å². The van der Waals surface area contributed by atoms with Crippen molar-refractivity contribution in [2.45, 2.75) is 6.42 Å². The van der Waals surface area contributed by atoms with Crippen molar-refractivity contribution in [1.82, 2.24) is 9.97 Å². The van der Waals surface area contributed by atoms with E-state index in [1.807, 2.05) is 0 Å². The third kappa shape index (κ3) is 2.93. The fourth-order valence-corrected chi connectivity index (χ4v) is 1.87. The zero-order chi connectivity index (χ0) is 9.97. The van der Waals surface area contributed by atoms with Crippen LogP contribution in [0.4, 0.5) is 5.82 Å². The van der Waals surface area contributed by atoms with Gasteiger partial charge in [0.1, 0.15) is 17.3 Å². The molecule has 1 aromatic rings. The third-order valence-electron chi connectivity index (χ3n) is 2.56. The maximum absolute atomic E-state index is 5.79. The Kier molecular flexibility index (Phi) is 4.57. The van der Waals surface area contributed by atoms with Gasteiger partial charge in [0.05, 0.1) is 0 Å². The average Bonchev–Trinajstić information content (AvgIpc) is 2.66. The van der Waals surface area contributed by atoms with Gasteiger partial charge in [-0.05, 0) is 18.9 Å². The smallest absolute Gasteiger partial charge is 0.134 e. The summed E-state index contributed by atoms with van der Waals surface area (Å²) in [5.74, 6) is 1.49. The average molecular weight is 249 g/mol. The standard InChI is InChI=1S/C9H13ClN4.ClH/c10-8-3-9(13-6-12-8)14-2-1-7(4-11)5-14;/h3,6-7H,1-2,4-5,11H2;1H. The highest BCUT2D eigenvalue weighted by atomic mass is 35.5. The Morgan fingerprint density at radius 2 is 2.33 bits per heavy atom. The molecule has 1 fully saturated rings. The van der Waals surface area contributed by atoms with Gasteiger partial charge >= 0.3 is 0 Å². The molecule has 0 aromatic carbocycles. The van der Waals surface area contributed by atoms with E-state index in [9.17, 15) is 0 Å². The predicted molar refractivity (Wildman–Crippen MR) is 63.7 cm³/mol. The number of aromatic nitrogens is 2. The molecule has 15 heavy (non-hydrogen) atoms. The molecule has 2 heterocycles. The van der Waals surface area contributed by atoms with Crippen LogP contribution in [0.3, 0.4) is 0 Å². The van der Waals surface area contributed by atoms with E-state index in [4.69, 9.17) is 17.3 Å². The Morgan fingerprint density at radius 3 is 2.93 bits per heavy atom. The van der Waals surface area contributed by atoms with Gasteiger partial charge in [0, 0.05) is 19.2 Å². The Labute approximate surface area is 100 Å². The maximum Gasteiger partial charge on any atom is 0.134 e. The second kappa shape index (κ2) is 5.49. The molecule has 0 saturated carbocycles. The molecule has 1 saturated heterocycles. The van der Waals surface area contributed by atoms with E-state index in [-0.39, 0.29) is 12.4 Å². The number of rotatable bonds is 2. The SMILES string of the molecule is Cl.NCC1CCN(c2cc(Cl)ncn2)C1. The van der Waals surface area contributed by atoms with Gasteiger partial charge in [-0.2, -0.15) is 0 Å². The van der Waals surface area contributed by atoms with Crippen LogP contribution in [0, 0.1) is 5.92 Å². The van der Waals surface area contributed by atoms with Crippen molar-refractivity contribution in [2.75, 3.05) is 24.5 Å². The zero-order valence-electron chi connectivity index (χ0n) is 8.27. The molecule has 84 valence electrons. The maximum atomic E-state index is 5.79. The van der Waals surface area contributed by atoms with Crippen molar-refractivity contribution in [3.63, 3.8) is 0 Å². The first-order valence-electron chi connectivity index (χ1n) is 4.72. The number of halogens is 2. The topological polar surface area (TPSA) is 55.0 Å². The quantitative estimate of drug-likeness (QED) is 0.803. The highest BCUT2D eigenvalue weighted by molar-refractivity contribution is 6.29. The van der Waals surface area contributed by atoms with Crippen LogP contribution in [0.15, 0.2) is 12.4 Å². The van der Waals surface area contributed by atoms with Gasteiger partial charge in [0.25, 0.3) is 0 Å². The normalized spacial score (nSPS) is 20.1. The predicted octanol–water partition coefficient (Wildman–Crippen LogP) is 1.34. The number of nitrogens with two attached hydrogens (primary N) is 1. The van der Waals surface area contributed by atoms with E-state index in [0.29, 0.717) is 11.1 Å². The summed E-state index contributed by atoms with van der Waals surface area (Å²) >= 11 is 5.79. The van der Waals surface area contributed by atoms with Crippen LogP contribution in [0.5, 0.6) is 0 Å². The van der Waals surface area contributed by atoms with E-state index < -0.39 is 0 Å². The summed E-state index contributed by atoms with van der Waals surface area (Å²) in [5, 5.41) is 0.492. The van der Waals surface area contributed by atoms with Crippen LogP contribution >= 0.6 is 24.0 Å². The first-order chi connectivity index (χ1) is 6.79. The molecule has 1 aliphatic rings. The molecule has 4 nitrogen and oxygen atoms in total. The summed E-state index contributed by atoms with van der Waals surface area (Å²) in [6, 6.07) is 1.79. The summed E-state index contributed by atoms with van der Waals surface area (Å²) in [4.78, 5) is 10.2. The van der Waals surface area contributed by atoms with Crippen LogP contribution in [0.25, 0.3) is 0 Å². The molecule has 2 rings (SSSR count). The minimum absolute atomic E-state index is 0. The molecule has 0 amide bonds. The highest BCUT2D eigenvalue weighted by Crippen LogP contribution is 2.22. The summed E-state index contributed by atoms with van der Waals surface area (Å²) in [7, 11) is 0. The number of hydrogen-bond donors (Lipinski definition) is 1. The molecule has 0 radical (unpaired) electrons. The molecule has 0 bridgehead atoms. The minimum atomic E-state index is 0. The van der Waals surface area contributed by atoms with Crippen molar-refractivity contribution in [3.05, 3.63) is 17.5 Å². The molecule has 1 unspecified atom stereocenters. The van der Waals surface area contributed by atoms with Crippen LogP contribution in [-0.2, 0) is 0 Å². The molecule has 1 aliphatic heterocycles. The van der Waals surface area contributed by atoms with Crippen molar-refractivity contribution < 1.29 is 0 Å². The second-order valence-corrected chi connectivity index (χ2v) is 3.92. The van der Waals surface area contributed by atoms with E-state index in [0.717, 1.165) is 31.9 Å². The Morgan fingerprint density at radius 1 is 1.53 bits per heavy atom. The first-order valence-corrected chi connectivity index (χ1v) is 5.10. The van der Waals surface area contributed by atoms with Crippen molar-refractivity contribution in [3.8, 4) is 0 Å². The monoisotopic (exact) mass is 248 g/mol. The minimum Gasteiger partial charge on any atom is -0.356 e. The highest BCUT2D eigenvalue weighted by Gasteiger charge is 2.22. The lowest BCUT2D eigenvalue weighted by atomic mass is 10.1. The molecule has 6 heteroatoms. The van der Waals surface area contributed by atoms with Gasteiger partial charge in [-0.3, -0.25) is 0 Å². The summed E-state index contributed by atoms with van der Waals surface area (Å²) in [6.07, 6.45) is 2.63. The van der Waals surface area contributed by atoms with E-state index >= 15 is 0 Å². The van der Waals surface area contributed by atoms with Crippen LogP contribution in [0.1, 0.15) is 6.42 Å². The molecule has 2 N–H and O–H groups in total. The second-order valence-electron chi connectivity index (χ2n) is 3.54. The lowest BCUT2D eigenvalue weighted by Gasteiger charge is -2.16. The van der Waals surface area contributed by atoms with Gasteiger partial charge < -0.3 is 10.6 Å². The lowest BCUT2D eigenvalue weighted by molar-refractivity contribution is 0.602. The zero-order valence-corrected chi connectivity index (χ0v) is 9.84. The van der Waals surface area contributed by atoms with Gasteiger partial charge in [0.15, 0.2) is 0 Å². The molecular formula is C9H14Cl2N4. The van der Waals surface area contributed by atoms with Crippen molar-refractivity contribution in [1.29, 1.82) is 0 Å². The van der Waals surface area contributed by atoms with Crippen molar-refractivity contribution in [2.24, 2.45) is 11.7 Å². The lowest BCUT2D eigenvalue weighted by Crippen LogP contribution is -2.23. The summed E-state index contributed by atoms with van der Waals surface area (Å²) < 4.78 is 0. The van der Waals surface area contributed by atoms with Crippen molar-refractivity contribution >= 4 is 29.8 Å². The molecule has 0 aliphatic carbocycles. The Bertz CT molecular complexity index is 321. The van der Waals surface area contributed by atoms with Gasteiger partial charge in [0.2, 0.25) is 0 Å². The largest absolute Gasteiger partial charge is 0.356 e. The van der Waals surface area contributed by atoms with Crippen LogP contribution in [-0.4, -0.2) is 29.6 Å². The van der Waals surface area contributed by atoms with E-state index in [2.05, 4.69) is 14.9 Å². The number of nitrogens with zero attached hydrogens (tertiary/aromatic N) is 3. The molecule has 1 aromatic heterocycles. The first kappa shape index (κ1) is 12.5. The van der Waals surface area contributed by atoms with Crippen LogP contribution < -0.4 is 10.6 Å². The van der Waals surface area contributed by atoms with E-state index in [1.165, 1.54) is 6.33 Å². The van der Waals surface area contributed by atoms with Gasteiger partial charge in [-0.15, -0.1) is 12.4 Å². The fourth-order valence-electron chi connectivity index (χ4n) is 1.73. The van der Waals surface area contributed by atoms with E-state index in [1.54, 1.807) is 6.07 Å². The fraction of sp³-hybridized carbons (Fsp3) is 0.556. The molecular weight excluding hydrogens is 235 g/mol. The number of anilines is 1. The summed E-state index contributed by atoms with van der Waals surface area (Å²) in [5.41, 5.74) is 5.62. The number of hydrogen-bond acceptors (Lipinski definition) is 4. The Balaban J connectivity index is 0.00000112. The van der Waals surface area contributed by atoms with Crippen LogP contribution in [0.2, 0.25) is 5.15 Å². The Hall–Kier alpha value is -0.580. The summed E-state index contributed by atoms with van der Waals surface area (Å²) in [6.45, 7) is 2.73.